The SMILES string of the molecule is CCCOc1cccc(C(NC)c2ccc(C)s2)c1. The molecule has 102 valence electrons. The van der Waals surface area contributed by atoms with Gasteiger partial charge in [0.1, 0.15) is 5.75 Å². The first-order valence-corrected chi connectivity index (χ1v) is 7.52. The van der Waals surface area contributed by atoms with Gasteiger partial charge in [-0.2, -0.15) is 0 Å². The Hall–Kier alpha value is -1.32. The zero-order valence-electron chi connectivity index (χ0n) is 11.8. The molecule has 2 aromatic rings. The molecule has 1 unspecified atom stereocenters. The molecule has 0 saturated carbocycles. The Balaban J connectivity index is 2.23. The smallest absolute Gasteiger partial charge is 0.119 e. The molecular formula is C16H21NOS. The van der Waals surface area contributed by atoms with Crippen LogP contribution in [-0.4, -0.2) is 13.7 Å². The molecule has 0 bridgehead atoms. The summed E-state index contributed by atoms with van der Waals surface area (Å²) >= 11 is 1.84. The molecule has 19 heavy (non-hydrogen) atoms. The molecule has 1 aromatic carbocycles. The number of aryl methyl sites for hydroxylation is 1. The van der Waals surface area contributed by atoms with Crippen LogP contribution < -0.4 is 10.1 Å². The third-order valence-electron chi connectivity index (χ3n) is 3.00. The first kappa shape index (κ1) is 14.1. The number of rotatable bonds is 6. The van der Waals surface area contributed by atoms with Crippen molar-refractivity contribution in [1.29, 1.82) is 0 Å². The van der Waals surface area contributed by atoms with Crippen LogP contribution in [0.5, 0.6) is 5.75 Å². The first-order valence-electron chi connectivity index (χ1n) is 6.71. The summed E-state index contributed by atoms with van der Waals surface area (Å²) in [5.74, 6) is 0.952. The van der Waals surface area contributed by atoms with Gasteiger partial charge in [0.25, 0.3) is 0 Å². The van der Waals surface area contributed by atoms with Gasteiger partial charge in [-0.05, 0) is 50.2 Å². The number of nitrogens with one attached hydrogen (secondary N) is 1. The molecule has 0 aliphatic heterocycles. The van der Waals surface area contributed by atoms with Crippen molar-refractivity contribution in [2.75, 3.05) is 13.7 Å². The van der Waals surface area contributed by atoms with Gasteiger partial charge in [0.15, 0.2) is 0 Å². The lowest BCUT2D eigenvalue weighted by Gasteiger charge is -2.16. The van der Waals surface area contributed by atoms with Crippen molar-refractivity contribution >= 4 is 11.3 Å². The standard InChI is InChI=1S/C16H21NOS/c1-4-10-18-14-7-5-6-13(11-14)16(17-3)15-9-8-12(2)19-15/h5-9,11,16-17H,4,10H2,1-3H3. The summed E-state index contributed by atoms with van der Waals surface area (Å²) in [6.45, 7) is 5.03. The lowest BCUT2D eigenvalue weighted by atomic mass is 10.1. The maximum Gasteiger partial charge on any atom is 0.119 e. The molecule has 3 heteroatoms. The van der Waals surface area contributed by atoms with Crippen molar-refractivity contribution in [2.24, 2.45) is 0 Å². The molecule has 0 saturated heterocycles. The highest BCUT2D eigenvalue weighted by molar-refractivity contribution is 7.12. The van der Waals surface area contributed by atoms with Gasteiger partial charge < -0.3 is 10.1 Å². The van der Waals surface area contributed by atoms with Crippen molar-refractivity contribution in [3.63, 3.8) is 0 Å². The average Bonchev–Trinajstić information content (AvgIpc) is 2.84. The van der Waals surface area contributed by atoms with Gasteiger partial charge in [0.2, 0.25) is 0 Å². The molecule has 1 aromatic heterocycles. The fourth-order valence-electron chi connectivity index (χ4n) is 2.09. The molecule has 1 atom stereocenters. The highest BCUT2D eigenvalue weighted by Crippen LogP contribution is 2.29. The van der Waals surface area contributed by atoms with Gasteiger partial charge in [-0.25, -0.2) is 0 Å². The van der Waals surface area contributed by atoms with Gasteiger partial charge in [-0.3, -0.25) is 0 Å². The summed E-state index contributed by atoms with van der Waals surface area (Å²) in [7, 11) is 2.00. The largest absolute Gasteiger partial charge is 0.494 e. The lowest BCUT2D eigenvalue weighted by Crippen LogP contribution is -2.16. The zero-order chi connectivity index (χ0) is 13.7. The van der Waals surface area contributed by atoms with Crippen LogP contribution >= 0.6 is 11.3 Å². The minimum Gasteiger partial charge on any atom is -0.494 e. The Bertz CT molecular complexity index is 521. The maximum atomic E-state index is 5.71. The Morgan fingerprint density at radius 2 is 2.11 bits per heavy atom. The normalized spacial score (nSPS) is 12.4. The topological polar surface area (TPSA) is 21.3 Å². The van der Waals surface area contributed by atoms with Gasteiger partial charge >= 0.3 is 0 Å². The molecule has 2 rings (SSSR count). The van der Waals surface area contributed by atoms with E-state index in [4.69, 9.17) is 4.74 Å². The van der Waals surface area contributed by atoms with Crippen LogP contribution in [-0.2, 0) is 0 Å². The van der Waals surface area contributed by atoms with Crippen LogP contribution in [0.2, 0.25) is 0 Å². The second-order valence-electron chi connectivity index (χ2n) is 4.59. The Morgan fingerprint density at radius 1 is 1.26 bits per heavy atom. The van der Waals surface area contributed by atoms with Crippen LogP contribution in [0.4, 0.5) is 0 Å². The summed E-state index contributed by atoms with van der Waals surface area (Å²) in [5, 5.41) is 3.39. The van der Waals surface area contributed by atoms with Crippen molar-refractivity contribution in [2.45, 2.75) is 26.3 Å². The van der Waals surface area contributed by atoms with Crippen molar-refractivity contribution in [1.82, 2.24) is 5.32 Å². The molecule has 1 heterocycles. The summed E-state index contributed by atoms with van der Waals surface area (Å²) < 4.78 is 5.71. The van der Waals surface area contributed by atoms with Crippen LogP contribution in [0.15, 0.2) is 36.4 Å². The number of hydrogen-bond donors (Lipinski definition) is 1. The number of ether oxygens (including phenoxy) is 1. The molecule has 0 amide bonds. The third kappa shape index (κ3) is 3.58. The van der Waals surface area contributed by atoms with Gasteiger partial charge in [0, 0.05) is 9.75 Å². The molecule has 0 aliphatic rings. The molecule has 0 aliphatic carbocycles. The quantitative estimate of drug-likeness (QED) is 0.855. The minimum absolute atomic E-state index is 0.240. The van der Waals surface area contributed by atoms with Crippen LogP contribution in [0.1, 0.15) is 34.7 Å². The van der Waals surface area contributed by atoms with Crippen molar-refractivity contribution in [3.05, 3.63) is 51.7 Å². The predicted octanol–water partition coefficient (Wildman–Crippen LogP) is 4.15. The third-order valence-corrected chi connectivity index (χ3v) is 4.06. The molecule has 0 radical (unpaired) electrons. The second-order valence-corrected chi connectivity index (χ2v) is 5.91. The average molecular weight is 275 g/mol. The monoisotopic (exact) mass is 275 g/mol. The van der Waals surface area contributed by atoms with E-state index in [2.05, 4.69) is 49.5 Å². The van der Waals surface area contributed by atoms with Gasteiger partial charge in [0.05, 0.1) is 12.6 Å². The van der Waals surface area contributed by atoms with Gasteiger partial charge in [-0.1, -0.05) is 19.1 Å². The number of benzene rings is 1. The maximum absolute atomic E-state index is 5.71. The van der Waals surface area contributed by atoms with Crippen molar-refractivity contribution in [3.8, 4) is 5.75 Å². The van der Waals surface area contributed by atoms with Crippen LogP contribution in [0.3, 0.4) is 0 Å². The van der Waals surface area contributed by atoms with Crippen LogP contribution in [0.25, 0.3) is 0 Å². The lowest BCUT2D eigenvalue weighted by molar-refractivity contribution is 0.317. The summed E-state index contributed by atoms with van der Waals surface area (Å²) in [5.41, 5.74) is 1.25. The second kappa shape index (κ2) is 6.73. The number of hydrogen-bond acceptors (Lipinski definition) is 3. The molecule has 0 fully saturated rings. The molecule has 1 N–H and O–H groups in total. The Morgan fingerprint density at radius 3 is 2.74 bits per heavy atom. The first-order chi connectivity index (χ1) is 9.24. The minimum atomic E-state index is 0.240. The van der Waals surface area contributed by atoms with Gasteiger partial charge in [-0.15, -0.1) is 11.3 Å². The van der Waals surface area contributed by atoms with E-state index < -0.39 is 0 Å². The van der Waals surface area contributed by atoms with Crippen molar-refractivity contribution < 1.29 is 4.74 Å². The Labute approximate surface area is 119 Å². The van der Waals surface area contributed by atoms with E-state index in [1.54, 1.807) is 0 Å². The Kier molecular flexibility index (Phi) is 5.00. The predicted molar refractivity (Wildman–Crippen MR) is 82.2 cm³/mol. The molecular weight excluding hydrogens is 254 g/mol. The number of thiophene rings is 1. The molecule has 2 nitrogen and oxygen atoms in total. The fraction of sp³-hybridized carbons (Fsp3) is 0.375. The summed E-state index contributed by atoms with van der Waals surface area (Å²) in [6, 6.07) is 13.0. The highest BCUT2D eigenvalue weighted by atomic mass is 32.1. The van der Waals surface area contributed by atoms with E-state index in [0.717, 1.165) is 18.8 Å². The van der Waals surface area contributed by atoms with E-state index in [-0.39, 0.29) is 6.04 Å². The van der Waals surface area contributed by atoms with Crippen LogP contribution in [0, 0.1) is 6.92 Å². The molecule has 0 spiro atoms. The van der Waals surface area contributed by atoms with E-state index in [9.17, 15) is 0 Å². The van der Waals surface area contributed by atoms with E-state index in [1.165, 1.54) is 15.3 Å². The van der Waals surface area contributed by atoms with E-state index in [1.807, 2.05) is 24.5 Å². The highest BCUT2D eigenvalue weighted by Gasteiger charge is 2.14. The zero-order valence-corrected chi connectivity index (χ0v) is 12.6. The van der Waals surface area contributed by atoms with E-state index in [0.29, 0.717) is 0 Å². The van der Waals surface area contributed by atoms with E-state index >= 15 is 0 Å². The fourth-order valence-corrected chi connectivity index (χ4v) is 3.10. The summed E-state index contributed by atoms with van der Waals surface area (Å²) in [4.78, 5) is 2.68. The summed E-state index contributed by atoms with van der Waals surface area (Å²) in [6.07, 6.45) is 1.03.